The standard InChI is InChI=1S/C21H29N5O2/c1-24(2)12-17-8-18(27)13-26(17)21-9-20(22-14-23-21)25-10-16(11-25)15-5-4-6-19(7-15)28-3/h4-7,9,14,16-18,27H,8,10-13H2,1-3H3/t17-,18-/m1/s1. The maximum Gasteiger partial charge on any atom is 0.134 e. The molecule has 3 heterocycles. The molecule has 2 aliphatic heterocycles. The van der Waals surface area contributed by atoms with Gasteiger partial charge in [0.2, 0.25) is 0 Å². The van der Waals surface area contributed by atoms with Crippen LogP contribution in [0.3, 0.4) is 0 Å². The number of rotatable bonds is 6. The topological polar surface area (TPSA) is 65.0 Å². The van der Waals surface area contributed by atoms with Crippen molar-refractivity contribution >= 4 is 11.6 Å². The highest BCUT2D eigenvalue weighted by atomic mass is 16.5. The second kappa shape index (κ2) is 7.93. The quantitative estimate of drug-likeness (QED) is 0.813. The van der Waals surface area contributed by atoms with Gasteiger partial charge < -0.3 is 24.5 Å². The second-order valence-corrected chi connectivity index (χ2v) is 8.07. The molecule has 2 atom stereocenters. The highest BCUT2D eigenvalue weighted by Crippen LogP contribution is 2.34. The number of hydrogen-bond donors (Lipinski definition) is 1. The Morgan fingerprint density at radius 3 is 2.68 bits per heavy atom. The maximum absolute atomic E-state index is 10.2. The van der Waals surface area contributed by atoms with E-state index in [9.17, 15) is 5.11 Å². The minimum Gasteiger partial charge on any atom is -0.497 e. The summed E-state index contributed by atoms with van der Waals surface area (Å²) in [6, 6.07) is 10.6. The molecule has 0 radical (unpaired) electrons. The first kappa shape index (κ1) is 19.0. The number of hydrogen-bond acceptors (Lipinski definition) is 7. The summed E-state index contributed by atoms with van der Waals surface area (Å²) in [6.45, 7) is 3.40. The van der Waals surface area contributed by atoms with E-state index in [2.05, 4.69) is 57.0 Å². The van der Waals surface area contributed by atoms with Crippen LogP contribution in [-0.4, -0.2) is 79.5 Å². The molecule has 0 aliphatic carbocycles. The molecule has 0 spiro atoms. The third-order valence-corrected chi connectivity index (χ3v) is 5.67. The lowest BCUT2D eigenvalue weighted by molar-refractivity contribution is 0.191. The van der Waals surface area contributed by atoms with Crippen LogP contribution in [0.1, 0.15) is 17.9 Å². The Balaban J connectivity index is 1.45. The van der Waals surface area contributed by atoms with Crippen LogP contribution >= 0.6 is 0 Å². The lowest BCUT2D eigenvalue weighted by Gasteiger charge is -2.40. The number of aliphatic hydroxyl groups excluding tert-OH is 1. The van der Waals surface area contributed by atoms with E-state index in [1.807, 2.05) is 12.1 Å². The van der Waals surface area contributed by atoms with Crippen molar-refractivity contribution in [2.24, 2.45) is 0 Å². The highest BCUT2D eigenvalue weighted by molar-refractivity contribution is 5.54. The Labute approximate surface area is 166 Å². The molecule has 0 saturated carbocycles. The molecule has 150 valence electrons. The summed E-state index contributed by atoms with van der Waals surface area (Å²) in [5.74, 6) is 3.25. The van der Waals surface area contributed by atoms with E-state index in [4.69, 9.17) is 4.74 Å². The Morgan fingerprint density at radius 2 is 1.93 bits per heavy atom. The van der Waals surface area contributed by atoms with Gasteiger partial charge in [-0.25, -0.2) is 9.97 Å². The third-order valence-electron chi connectivity index (χ3n) is 5.67. The van der Waals surface area contributed by atoms with Crippen molar-refractivity contribution in [3.8, 4) is 5.75 Å². The SMILES string of the molecule is COc1cccc(C2CN(c3cc(N4C[C@H](O)C[C@@H]4CN(C)C)ncn3)C2)c1. The largest absolute Gasteiger partial charge is 0.497 e. The van der Waals surface area contributed by atoms with E-state index >= 15 is 0 Å². The van der Waals surface area contributed by atoms with Gasteiger partial charge in [0.05, 0.1) is 13.2 Å². The van der Waals surface area contributed by atoms with Crippen LogP contribution in [0.4, 0.5) is 11.6 Å². The van der Waals surface area contributed by atoms with Gasteiger partial charge >= 0.3 is 0 Å². The molecule has 7 heteroatoms. The van der Waals surface area contributed by atoms with Gasteiger partial charge in [-0.05, 0) is 38.2 Å². The Kier molecular flexibility index (Phi) is 5.37. The first-order valence-electron chi connectivity index (χ1n) is 9.84. The average molecular weight is 383 g/mol. The summed E-state index contributed by atoms with van der Waals surface area (Å²) < 4.78 is 5.34. The summed E-state index contributed by atoms with van der Waals surface area (Å²) in [5.41, 5.74) is 1.30. The van der Waals surface area contributed by atoms with Crippen LogP contribution < -0.4 is 14.5 Å². The summed E-state index contributed by atoms with van der Waals surface area (Å²) in [6.07, 6.45) is 2.12. The molecule has 4 rings (SSSR count). The predicted molar refractivity (Wildman–Crippen MR) is 110 cm³/mol. The van der Waals surface area contributed by atoms with Crippen LogP contribution in [0.15, 0.2) is 36.7 Å². The van der Waals surface area contributed by atoms with Crippen LogP contribution in [0, 0.1) is 0 Å². The summed E-state index contributed by atoms with van der Waals surface area (Å²) in [5, 5.41) is 10.2. The molecule has 0 amide bonds. The molecular formula is C21H29N5O2. The van der Waals surface area contributed by atoms with Gasteiger partial charge in [-0.1, -0.05) is 12.1 Å². The fraction of sp³-hybridized carbons (Fsp3) is 0.524. The summed E-state index contributed by atoms with van der Waals surface area (Å²) in [7, 11) is 5.83. The van der Waals surface area contributed by atoms with E-state index in [1.165, 1.54) is 5.56 Å². The minimum atomic E-state index is -0.301. The third kappa shape index (κ3) is 3.91. The second-order valence-electron chi connectivity index (χ2n) is 8.07. The number of methoxy groups -OCH3 is 1. The molecule has 1 aromatic heterocycles. The predicted octanol–water partition coefficient (Wildman–Crippen LogP) is 1.59. The number of ether oxygens (including phenoxy) is 1. The number of aromatic nitrogens is 2. The number of aliphatic hydroxyl groups is 1. The Hall–Kier alpha value is -2.38. The number of nitrogens with zero attached hydrogens (tertiary/aromatic N) is 5. The number of β-amino-alcohol motifs (C(OH)–C–C–N with tert-alkyl or cyclic N) is 1. The van der Waals surface area contributed by atoms with Gasteiger partial charge in [0.25, 0.3) is 0 Å². The lowest BCUT2D eigenvalue weighted by Crippen LogP contribution is -2.45. The first-order valence-corrected chi connectivity index (χ1v) is 9.84. The molecule has 7 nitrogen and oxygen atoms in total. The van der Waals surface area contributed by atoms with Crippen molar-refractivity contribution in [1.82, 2.24) is 14.9 Å². The van der Waals surface area contributed by atoms with Crippen LogP contribution in [0.2, 0.25) is 0 Å². The van der Waals surface area contributed by atoms with Crippen LogP contribution in [-0.2, 0) is 0 Å². The molecule has 2 aliphatic rings. The zero-order valence-corrected chi connectivity index (χ0v) is 16.8. The molecule has 2 saturated heterocycles. The van der Waals surface area contributed by atoms with Crippen molar-refractivity contribution in [3.05, 3.63) is 42.2 Å². The van der Waals surface area contributed by atoms with Crippen molar-refractivity contribution < 1.29 is 9.84 Å². The number of likely N-dealkylation sites (N-methyl/N-ethyl adjacent to an activating group) is 1. The molecular weight excluding hydrogens is 354 g/mol. The molecule has 0 bridgehead atoms. The fourth-order valence-corrected chi connectivity index (χ4v) is 4.21. The van der Waals surface area contributed by atoms with Crippen LogP contribution in [0.5, 0.6) is 5.75 Å². The molecule has 2 aromatic rings. The van der Waals surface area contributed by atoms with Crippen molar-refractivity contribution in [3.63, 3.8) is 0 Å². The Bertz CT molecular complexity index is 809. The van der Waals surface area contributed by atoms with E-state index in [0.29, 0.717) is 12.5 Å². The zero-order chi connectivity index (χ0) is 19.7. The molecule has 2 fully saturated rings. The van der Waals surface area contributed by atoms with Gasteiger partial charge in [0.1, 0.15) is 23.7 Å². The Morgan fingerprint density at radius 1 is 1.14 bits per heavy atom. The van der Waals surface area contributed by atoms with Crippen molar-refractivity contribution in [1.29, 1.82) is 0 Å². The maximum atomic E-state index is 10.2. The highest BCUT2D eigenvalue weighted by Gasteiger charge is 2.34. The molecule has 28 heavy (non-hydrogen) atoms. The number of benzene rings is 1. The normalized spacial score (nSPS) is 22.6. The monoisotopic (exact) mass is 383 g/mol. The summed E-state index contributed by atoms with van der Waals surface area (Å²) >= 11 is 0. The van der Waals surface area contributed by atoms with Crippen molar-refractivity contribution in [2.75, 3.05) is 57.2 Å². The average Bonchev–Trinajstić information content (AvgIpc) is 3.00. The smallest absolute Gasteiger partial charge is 0.134 e. The summed E-state index contributed by atoms with van der Waals surface area (Å²) in [4.78, 5) is 15.6. The fourth-order valence-electron chi connectivity index (χ4n) is 4.21. The van der Waals surface area contributed by atoms with Crippen molar-refractivity contribution in [2.45, 2.75) is 24.5 Å². The van der Waals surface area contributed by atoms with E-state index in [-0.39, 0.29) is 12.1 Å². The number of anilines is 2. The minimum absolute atomic E-state index is 0.272. The zero-order valence-electron chi connectivity index (χ0n) is 16.8. The molecule has 1 aromatic carbocycles. The van der Waals surface area contributed by atoms with Gasteiger partial charge in [0, 0.05) is 44.2 Å². The first-order chi connectivity index (χ1) is 13.5. The van der Waals surface area contributed by atoms with E-state index in [0.717, 1.165) is 43.4 Å². The van der Waals surface area contributed by atoms with Gasteiger partial charge in [0.15, 0.2) is 0 Å². The van der Waals surface area contributed by atoms with E-state index in [1.54, 1.807) is 13.4 Å². The lowest BCUT2D eigenvalue weighted by atomic mass is 9.91. The van der Waals surface area contributed by atoms with Gasteiger partial charge in [-0.3, -0.25) is 0 Å². The van der Waals surface area contributed by atoms with Crippen LogP contribution in [0.25, 0.3) is 0 Å². The van der Waals surface area contributed by atoms with Gasteiger partial charge in [-0.15, -0.1) is 0 Å². The van der Waals surface area contributed by atoms with Gasteiger partial charge in [-0.2, -0.15) is 0 Å². The van der Waals surface area contributed by atoms with E-state index < -0.39 is 0 Å². The molecule has 0 unspecified atom stereocenters. The molecule has 1 N–H and O–H groups in total.